The topological polar surface area (TPSA) is 63.4 Å². The van der Waals surface area contributed by atoms with Crippen LogP contribution in [0.2, 0.25) is 0 Å². The van der Waals surface area contributed by atoms with Gasteiger partial charge in [0.15, 0.2) is 0 Å². The minimum Gasteiger partial charge on any atom is -0.338 e. The molecule has 1 saturated heterocycles. The van der Waals surface area contributed by atoms with Crippen LogP contribution in [-0.2, 0) is 0 Å². The van der Waals surface area contributed by atoms with Gasteiger partial charge in [0.25, 0.3) is 11.6 Å². The van der Waals surface area contributed by atoms with Crippen molar-refractivity contribution in [3.63, 3.8) is 0 Å². The van der Waals surface area contributed by atoms with E-state index in [0.29, 0.717) is 19.0 Å². The number of alkyl halides is 1. The maximum absolute atomic E-state index is 13.2. The number of rotatable bonds is 3. The monoisotopic (exact) mass is 286 g/mol. The first-order chi connectivity index (χ1) is 9.02. The van der Waals surface area contributed by atoms with Crippen LogP contribution in [-0.4, -0.2) is 34.7 Å². The number of nitro benzene ring substituents is 1. The van der Waals surface area contributed by atoms with Gasteiger partial charge in [-0.3, -0.25) is 14.9 Å². The second kappa shape index (κ2) is 5.52. The Kier molecular flexibility index (Phi) is 3.99. The number of hydrogen-bond donors (Lipinski definition) is 0. The highest BCUT2D eigenvalue weighted by Crippen LogP contribution is 2.25. The minimum atomic E-state index is -0.679. The number of benzene rings is 1. The lowest BCUT2D eigenvalue weighted by molar-refractivity contribution is -0.385. The van der Waals surface area contributed by atoms with Gasteiger partial charge in [0.2, 0.25) is 0 Å². The number of likely N-dealkylation sites (tertiary alicyclic amines) is 1. The van der Waals surface area contributed by atoms with Crippen LogP contribution in [0.1, 0.15) is 16.8 Å². The summed E-state index contributed by atoms with van der Waals surface area (Å²) in [4.78, 5) is 23.9. The quantitative estimate of drug-likeness (QED) is 0.487. The normalized spacial score (nSPS) is 18.6. The lowest BCUT2D eigenvalue weighted by atomic mass is 10.1. The molecule has 102 valence electrons. The van der Waals surface area contributed by atoms with E-state index >= 15 is 0 Å². The molecule has 1 unspecified atom stereocenters. The maximum atomic E-state index is 13.2. The van der Waals surface area contributed by atoms with Gasteiger partial charge in [0, 0.05) is 25.0 Å². The van der Waals surface area contributed by atoms with Crippen molar-refractivity contribution in [3.8, 4) is 0 Å². The van der Waals surface area contributed by atoms with E-state index in [9.17, 15) is 19.3 Å². The molecule has 1 aliphatic heterocycles. The fourth-order valence-corrected chi connectivity index (χ4v) is 2.40. The lowest BCUT2D eigenvalue weighted by Gasteiger charge is -2.16. The van der Waals surface area contributed by atoms with Crippen LogP contribution in [0.3, 0.4) is 0 Å². The summed E-state index contributed by atoms with van der Waals surface area (Å²) in [7, 11) is 0. The summed E-state index contributed by atoms with van der Waals surface area (Å²) in [5.41, 5.74) is -0.582. The first kappa shape index (κ1) is 13.7. The number of nitro groups is 1. The predicted octanol–water partition coefficient (Wildman–Crippen LogP) is 2.43. The zero-order valence-corrected chi connectivity index (χ0v) is 10.8. The van der Waals surface area contributed by atoms with Gasteiger partial charge in [-0.25, -0.2) is 4.39 Å². The molecule has 1 aliphatic rings. The Hall–Kier alpha value is -1.69. The largest absolute Gasteiger partial charge is 0.338 e. The standard InChI is InChI=1S/C12H12ClFN2O3/c13-6-8-3-4-15(7-8)12(17)10-5-9(14)1-2-11(10)16(18)19/h1-2,5,8H,3-4,6-7H2. The smallest absolute Gasteiger partial charge is 0.282 e. The lowest BCUT2D eigenvalue weighted by Crippen LogP contribution is -2.29. The van der Waals surface area contributed by atoms with Crippen molar-refractivity contribution in [2.45, 2.75) is 6.42 Å². The van der Waals surface area contributed by atoms with E-state index in [-0.39, 0.29) is 17.2 Å². The van der Waals surface area contributed by atoms with E-state index in [1.165, 1.54) is 4.90 Å². The van der Waals surface area contributed by atoms with Gasteiger partial charge in [0.05, 0.1) is 4.92 Å². The average molecular weight is 287 g/mol. The third-order valence-electron chi connectivity index (χ3n) is 3.18. The summed E-state index contributed by atoms with van der Waals surface area (Å²) in [5.74, 6) is -0.547. The Balaban J connectivity index is 2.28. The third kappa shape index (κ3) is 2.84. The predicted molar refractivity (Wildman–Crippen MR) is 67.8 cm³/mol. The Labute approximate surface area is 114 Å². The van der Waals surface area contributed by atoms with E-state index in [4.69, 9.17) is 11.6 Å². The number of carbonyl (C=O) groups is 1. The van der Waals surface area contributed by atoms with Crippen LogP contribution in [0, 0.1) is 21.8 Å². The summed E-state index contributed by atoms with van der Waals surface area (Å²) in [6.07, 6.45) is 0.762. The van der Waals surface area contributed by atoms with Gasteiger partial charge in [-0.1, -0.05) is 0 Å². The minimum absolute atomic E-state index is 0.193. The number of nitrogens with zero attached hydrogens (tertiary/aromatic N) is 2. The second-order valence-corrected chi connectivity index (χ2v) is 4.79. The average Bonchev–Trinajstić information content (AvgIpc) is 2.86. The molecule has 0 radical (unpaired) electrons. The van der Waals surface area contributed by atoms with E-state index in [0.717, 1.165) is 24.6 Å². The molecule has 1 aromatic rings. The van der Waals surface area contributed by atoms with Crippen molar-refractivity contribution >= 4 is 23.2 Å². The van der Waals surface area contributed by atoms with E-state index < -0.39 is 16.6 Å². The molecule has 1 fully saturated rings. The molecule has 19 heavy (non-hydrogen) atoms. The van der Waals surface area contributed by atoms with E-state index in [1.54, 1.807) is 0 Å². The Morgan fingerprint density at radius 2 is 2.32 bits per heavy atom. The third-order valence-corrected chi connectivity index (χ3v) is 3.61. The van der Waals surface area contributed by atoms with Crippen LogP contribution in [0.4, 0.5) is 10.1 Å². The van der Waals surface area contributed by atoms with Crippen LogP contribution >= 0.6 is 11.6 Å². The van der Waals surface area contributed by atoms with Crippen LogP contribution < -0.4 is 0 Å². The molecular formula is C12H12ClFN2O3. The van der Waals surface area contributed by atoms with Crippen LogP contribution in [0.5, 0.6) is 0 Å². The Bertz CT molecular complexity index is 524. The summed E-state index contributed by atoms with van der Waals surface area (Å²) in [6, 6.07) is 2.90. The van der Waals surface area contributed by atoms with Crippen molar-refractivity contribution in [2.75, 3.05) is 19.0 Å². The maximum Gasteiger partial charge on any atom is 0.282 e. The van der Waals surface area contributed by atoms with Gasteiger partial charge in [0.1, 0.15) is 11.4 Å². The van der Waals surface area contributed by atoms with Crippen molar-refractivity contribution in [2.24, 2.45) is 5.92 Å². The zero-order valence-electron chi connectivity index (χ0n) is 10.0. The van der Waals surface area contributed by atoms with Gasteiger partial charge >= 0.3 is 0 Å². The summed E-state index contributed by atoms with van der Waals surface area (Å²) in [6.45, 7) is 0.944. The molecule has 0 N–H and O–H groups in total. The molecular weight excluding hydrogens is 275 g/mol. The molecule has 0 aromatic heterocycles. The highest BCUT2D eigenvalue weighted by atomic mass is 35.5. The Morgan fingerprint density at radius 1 is 1.58 bits per heavy atom. The highest BCUT2D eigenvalue weighted by Gasteiger charge is 2.30. The molecule has 1 amide bonds. The molecule has 7 heteroatoms. The van der Waals surface area contributed by atoms with Crippen molar-refractivity contribution in [3.05, 3.63) is 39.7 Å². The summed E-state index contributed by atoms with van der Waals surface area (Å²) >= 11 is 5.72. The molecule has 0 aliphatic carbocycles. The molecule has 0 saturated carbocycles. The van der Waals surface area contributed by atoms with Gasteiger partial charge in [-0.2, -0.15) is 0 Å². The van der Waals surface area contributed by atoms with Crippen LogP contribution in [0.25, 0.3) is 0 Å². The molecule has 5 nitrogen and oxygen atoms in total. The molecule has 2 rings (SSSR count). The fraction of sp³-hybridized carbons (Fsp3) is 0.417. The van der Waals surface area contributed by atoms with Crippen molar-refractivity contribution in [1.82, 2.24) is 4.90 Å². The fourth-order valence-electron chi connectivity index (χ4n) is 2.15. The molecule has 0 spiro atoms. The van der Waals surface area contributed by atoms with Gasteiger partial charge in [-0.15, -0.1) is 11.6 Å². The molecule has 1 heterocycles. The number of hydrogen-bond acceptors (Lipinski definition) is 3. The Morgan fingerprint density at radius 3 is 2.89 bits per heavy atom. The van der Waals surface area contributed by atoms with E-state index in [1.807, 2.05) is 0 Å². The van der Waals surface area contributed by atoms with Crippen molar-refractivity contribution in [1.29, 1.82) is 0 Å². The van der Waals surface area contributed by atoms with Crippen molar-refractivity contribution < 1.29 is 14.1 Å². The summed E-state index contributed by atoms with van der Waals surface area (Å²) < 4.78 is 13.2. The summed E-state index contributed by atoms with van der Waals surface area (Å²) in [5, 5.41) is 10.9. The number of carbonyl (C=O) groups excluding carboxylic acids is 1. The zero-order chi connectivity index (χ0) is 14.0. The second-order valence-electron chi connectivity index (χ2n) is 4.48. The SMILES string of the molecule is O=C(c1cc(F)ccc1[N+](=O)[O-])N1CCC(CCl)C1. The highest BCUT2D eigenvalue weighted by molar-refractivity contribution is 6.18. The molecule has 0 bridgehead atoms. The van der Waals surface area contributed by atoms with Crippen LogP contribution in [0.15, 0.2) is 18.2 Å². The van der Waals surface area contributed by atoms with E-state index in [2.05, 4.69) is 0 Å². The first-order valence-electron chi connectivity index (χ1n) is 5.82. The molecule has 1 atom stereocenters. The molecule has 1 aromatic carbocycles. The number of halogens is 2. The van der Waals surface area contributed by atoms with Gasteiger partial charge < -0.3 is 4.90 Å². The number of amides is 1. The first-order valence-corrected chi connectivity index (χ1v) is 6.35. The van der Waals surface area contributed by atoms with Gasteiger partial charge in [-0.05, 0) is 24.5 Å².